The molecule has 0 saturated carbocycles. The lowest BCUT2D eigenvalue weighted by atomic mass is 9.93. The molecule has 2 atom stereocenters. The molecule has 0 spiro atoms. The fraction of sp³-hybridized carbons (Fsp3) is 0.895. The predicted molar refractivity (Wildman–Crippen MR) is 106 cm³/mol. The number of halogens is 23. The average Bonchev–Trinajstić information content (AvgIpc) is 2.91. The number of ether oxygens (including phenoxy) is 2. The van der Waals surface area contributed by atoms with Gasteiger partial charge in [0.15, 0.2) is 24.6 Å². The molecule has 0 aliphatic rings. The number of alkyl halides is 23. The molecular formula is C19H12F23O7S-. The normalized spacial score (nSPS) is 16.7. The first-order chi connectivity index (χ1) is 21.5. The number of carbonyl (C=O) groups excluding carboxylic acids is 2. The quantitative estimate of drug-likeness (QED) is 0.0901. The van der Waals surface area contributed by atoms with Crippen molar-refractivity contribution < 1.29 is 133 Å². The van der Waals surface area contributed by atoms with Crippen LogP contribution in [-0.2, 0) is 29.2 Å². The van der Waals surface area contributed by atoms with E-state index in [1.807, 2.05) is 0 Å². The van der Waals surface area contributed by atoms with Gasteiger partial charge in [-0.15, -0.1) is 0 Å². The lowest BCUT2D eigenvalue weighted by molar-refractivity contribution is -0.414. The summed E-state index contributed by atoms with van der Waals surface area (Å²) in [7, 11) is -6.77. The Labute approximate surface area is 259 Å². The topological polar surface area (TPSA) is 110 Å². The van der Waals surface area contributed by atoms with Crippen molar-refractivity contribution >= 4 is 22.1 Å². The Morgan fingerprint density at radius 3 is 1.18 bits per heavy atom. The molecule has 0 aliphatic heterocycles. The molecule has 0 fully saturated rings. The van der Waals surface area contributed by atoms with E-state index in [9.17, 15) is 124 Å². The molecule has 0 N–H and O–H groups in total. The predicted octanol–water partition coefficient (Wildman–Crippen LogP) is 6.35. The van der Waals surface area contributed by atoms with Gasteiger partial charge >= 0.3 is 77.6 Å². The van der Waals surface area contributed by atoms with Crippen LogP contribution in [0.25, 0.3) is 0 Å². The second-order valence-electron chi connectivity index (χ2n) is 9.47. The zero-order valence-corrected chi connectivity index (χ0v) is 23.6. The van der Waals surface area contributed by atoms with Crippen molar-refractivity contribution in [2.75, 3.05) is 13.2 Å². The molecule has 0 aromatic heterocycles. The van der Waals surface area contributed by atoms with Crippen LogP contribution in [-0.4, -0.2) is 115 Å². The highest BCUT2D eigenvalue weighted by Gasteiger charge is 2.89. The van der Waals surface area contributed by atoms with Crippen LogP contribution in [0.2, 0.25) is 0 Å². The van der Waals surface area contributed by atoms with Crippen LogP contribution in [0.1, 0.15) is 13.3 Å². The third-order valence-corrected chi connectivity index (χ3v) is 6.94. The molecule has 0 heterocycles. The summed E-state index contributed by atoms with van der Waals surface area (Å²) in [5, 5.41) is -4.17. The Morgan fingerprint density at radius 2 is 0.880 bits per heavy atom. The third-order valence-electron chi connectivity index (χ3n) is 5.88. The molecule has 298 valence electrons. The first-order valence-electron chi connectivity index (χ1n) is 11.5. The minimum atomic E-state index is -8.22. The van der Waals surface area contributed by atoms with Gasteiger partial charge in [0.25, 0.3) is 0 Å². The molecule has 0 aliphatic carbocycles. The molecule has 0 aromatic rings. The van der Waals surface area contributed by atoms with Crippen molar-refractivity contribution in [1.82, 2.24) is 0 Å². The van der Waals surface area contributed by atoms with Crippen molar-refractivity contribution in [1.29, 1.82) is 0 Å². The third kappa shape index (κ3) is 7.70. The SMILES string of the molecule is CC(F)C(F)(F)C(F)(F)C(F)(F)C(F)(F)C(F)(F)COC(=O)CC(C(=O)OCC(F)(F)C(F)(F)C(F)(F)C(F)(F)C(F)(F)C(F)F)S(=O)(=O)[O-]. The van der Waals surface area contributed by atoms with Crippen LogP contribution in [0.3, 0.4) is 0 Å². The van der Waals surface area contributed by atoms with Crippen LogP contribution in [0.4, 0.5) is 101 Å². The van der Waals surface area contributed by atoms with Gasteiger partial charge in [0.05, 0.1) is 6.42 Å². The van der Waals surface area contributed by atoms with E-state index in [1.54, 1.807) is 0 Å². The van der Waals surface area contributed by atoms with Gasteiger partial charge in [-0.25, -0.2) is 21.6 Å². The van der Waals surface area contributed by atoms with Gasteiger partial charge in [-0.1, -0.05) is 0 Å². The van der Waals surface area contributed by atoms with Gasteiger partial charge in [0.1, 0.15) is 10.1 Å². The van der Waals surface area contributed by atoms with E-state index in [-0.39, 0.29) is 0 Å². The largest absolute Gasteiger partial charge is 0.747 e. The standard InChI is InChI=1S/C19H13F23O7S/c1-5(20)12(27,28)16(35,36)18(39,40)14(31,32)10(23,24)3-48-7(43)2-6(50(45,46)47)8(44)49-4-11(25,26)15(33,34)19(41,42)17(37,38)13(29,30)9(21)22/h5-6,9H,2-4H2,1H3,(H,45,46,47)/p-1. The van der Waals surface area contributed by atoms with E-state index in [1.165, 1.54) is 0 Å². The highest BCUT2D eigenvalue weighted by Crippen LogP contribution is 2.59. The number of esters is 2. The van der Waals surface area contributed by atoms with E-state index < -0.39 is 126 Å². The Balaban J connectivity index is 6.16. The highest BCUT2D eigenvalue weighted by atomic mass is 32.2. The van der Waals surface area contributed by atoms with E-state index in [2.05, 4.69) is 9.47 Å². The summed E-state index contributed by atoms with van der Waals surface area (Å²) >= 11 is 0. The summed E-state index contributed by atoms with van der Waals surface area (Å²) in [5.41, 5.74) is 0. The van der Waals surface area contributed by atoms with Crippen LogP contribution in [0, 0.1) is 0 Å². The second-order valence-corrected chi connectivity index (χ2v) is 11.0. The Morgan fingerprint density at radius 1 is 0.560 bits per heavy atom. The zero-order chi connectivity index (χ0) is 40.9. The fourth-order valence-electron chi connectivity index (χ4n) is 2.78. The summed E-state index contributed by atoms with van der Waals surface area (Å²) < 4.78 is 345. The Hall–Kier alpha value is -2.76. The van der Waals surface area contributed by atoms with Crippen LogP contribution in [0.5, 0.6) is 0 Å². The van der Waals surface area contributed by atoms with Gasteiger partial charge in [-0.3, -0.25) is 9.59 Å². The lowest BCUT2D eigenvalue weighted by Crippen LogP contribution is -2.69. The van der Waals surface area contributed by atoms with E-state index in [4.69, 9.17) is 0 Å². The molecule has 0 amide bonds. The molecular weight excluding hydrogens is 809 g/mol. The summed E-state index contributed by atoms with van der Waals surface area (Å²) in [6, 6.07) is 0. The van der Waals surface area contributed by atoms with Crippen molar-refractivity contribution in [3.63, 3.8) is 0 Å². The minimum absolute atomic E-state index is 0.619. The maximum absolute atomic E-state index is 13.8. The summed E-state index contributed by atoms with van der Waals surface area (Å²) in [5.74, 6) is -82.7. The highest BCUT2D eigenvalue weighted by molar-refractivity contribution is 7.87. The maximum atomic E-state index is 13.8. The molecule has 31 heteroatoms. The van der Waals surface area contributed by atoms with Crippen molar-refractivity contribution in [2.24, 2.45) is 0 Å². The summed E-state index contributed by atoms with van der Waals surface area (Å²) in [6.45, 7) is -8.27. The van der Waals surface area contributed by atoms with Gasteiger partial charge in [-0.2, -0.15) is 87.8 Å². The summed E-state index contributed by atoms with van der Waals surface area (Å²) in [4.78, 5) is 23.2. The van der Waals surface area contributed by atoms with Gasteiger partial charge in [-0.05, 0) is 6.92 Å². The minimum Gasteiger partial charge on any atom is -0.747 e. The first-order valence-corrected chi connectivity index (χ1v) is 12.9. The molecule has 0 aromatic carbocycles. The van der Waals surface area contributed by atoms with Gasteiger partial charge in [0.2, 0.25) is 0 Å². The summed E-state index contributed by atoms with van der Waals surface area (Å²) in [6.07, 6.45) is -13.2. The number of hydrogen-bond donors (Lipinski definition) is 0. The number of hydrogen-bond acceptors (Lipinski definition) is 7. The monoisotopic (exact) mass is 821 g/mol. The average molecular weight is 821 g/mol. The Bertz CT molecular complexity index is 1340. The van der Waals surface area contributed by atoms with Crippen LogP contribution < -0.4 is 0 Å². The molecule has 0 bridgehead atoms. The van der Waals surface area contributed by atoms with Crippen LogP contribution >= 0.6 is 0 Å². The Kier molecular flexibility index (Phi) is 12.9. The number of carbonyl (C=O) groups is 2. The van der Waals surface area contributed by atoms with Crippen molar-refractivity contribution in [3.8, 4) is 0 Å². The lowest BCUT2D eigenvalue weighted by Gasteiger charge is -2.39. The van der Waals surface area contributed by atoms with E-state index in [0.717, 1.165) is 0 Å². The molecule has 0 radical (unpaired) electrons. The molecule has 0 rings (SSSR count). The second kappa shape index (κ2) is 13.7. The van der Waals surface area contributed by atoms with Crippen molar-refractivity contribution in [2.45, 2.75) is 90.4 Å². The number of rotatable bonds is 18. The smallest absolute Gasteiger partial charge is 0.384 e. The van der Waals surface area contributed by atoms with E-state index in [0.29, 0.717) is 0 Å². The zero-order valence-electron chi connectivity index (χ0n) is 22.8. The van der Waals surface area contributed by atoms with Gasteiger partial charge < -0.3 is 14.0 Å². The molecule has 7 nitrogen and oxygen atoms in total. The van der Waals surface area contributed by atoms with Crippen molar-refractivity contribution in [3.05, 3.63) is 0 Å². The van der Waals surface area contributed by atoms with Crippen LogP contribution in [0.15, 0.2) is 0 Å². The molecule has 2 unspecified atom stereocenters. The first kappa shape index (κ1) is 47.2. The fourth-order valence-corrected chi connectivity index (χ4v) is 3.42. The molecule has 0 saturated heterocycles. The van der Waals surface area contributed by atoms with E-state index >= 15 is 0 Å². The maximum Gasteiger partial charge on any atom is 0.384 e. The molecule has 50 heavy (non-hydrogen) atoms. The van der Waals surface area contributed by atoms with Gasteiger partial charge in [0, 0.05) is 0 Å².